The summed E-state index contributed by atoms with van der Waals surface area (Å²) < 4.78 is 6.99. The maximum Gasteiger partial charge on any atom is 0.244 e. The first-order valence-electron chi connectivity index (χ1n) is 10.5. The molecule has 3 aromatic rings. The van der Waals surface area contributed by atoms with Gasteiger partial charge in [-0.15, -0.1) is 0 Å². The number of amides is 1. The van der Waals surface area contributed by atoms with Gasteiger partial charge in [-0.2, -0.15) is 5.10 Å². The van der Waals surface area contributed by atoms with Crippen LogP contribution in [0.2, 0.25) is 15.2 Å². The van der Waals surface area contributed by atoms with Gasteiger partial charge in [-0.05, 0) is 38.1 Å². The van der Waals surface area contributed by atoms with Gasteiger partial charge in [0.25, 0.3) is 0 Å². The van der Waals surface area contributed by atoms with E-state index in [4.69, 9.17) is 39.5 Å². The first-order chi connectivity index (χ1) is 15.8. The Balaban J connectivity index is 1.45. The van der Waals surface area contributed by atoms with Crippen molar-refractivity contribution in [3.8, 4) is 17.0 Å². The van der Waals surface area contributed by atoms with E-state index in [0.29, 0.717) is 46.3 Å². The van der Waals surface area contributed by atoms with Gasteiger partial charge in [-0.25, -0.2) is 4.98 Å². The summed E-state index contributed by atoms with van der Waals surface area (Å²) in [5, 5.41) is 6.05. The zero-order chi connectivity index (χ0) is 23.7. The van der Waals surface area contributed by atoms with Gasteiger partial charge in [0.2, 0.25) is 5.91 Å². The van der Waals surface area contributed by atoms with E-state index in [9.17, 15) is 4.79 Å². The molecule has 1 aliphatic rings. The molecule has 0 N–H and O–H groups in total. The number of ether oxygens (including phenoxy) is 1. The van der Waals surface area contributed by atoms with Crippen LogP contribution in [-0.4, -0.2) is 58.4 Å². The predicted octanol–water partition coefficient (Wildman–Crippen LogP) is 4.96. The Morgan fingerprint density at radius 2 is 1.97 bits per heavy atom. The summed E-state index contributed by atoms with van der Waals surface area (Å²) in [6, 6.07) is 9.24. The summed E-state index contributed by atoms with van der Waals surface area (Å²) in [6.07, 6.45) is 1.62. The number of nitrogens with zero attached hydrogens (tertiary/aromatic N) is 5. The summed E-state index contributed by atoms with van der Waals surface area (Å²) in [5.74, 6) is 0.636. The molecule has 0 radical (unpaired) electrons. The number of anilines is 1. The number of carbonyl (C=O) groups is 1. The van der Waals surface area contributed by atoms with E-state index in [1.165, 1.54) is 0 Å². The lowest BCUT2D eigenvalue weighted by Gasteiger charge is -2.41. The van der Waals surface area contributed by atoms with Crippen molar-refractivity contribution in [3.63, 3.8) is 0 Å². The average Bonchev–Trinajstić information content (AvgIpc) is 3.08. The molecule has 3 heterocycles. The van der Waals surface area contributed by atoms with Crippen molar-refractivity contribution in [2.45, 2.75) is 26.4 Å². The molecule has 7 nitrogen and oxygen atoms in total. The van der Waals surface area contributed by atoms with Crippen LogP contribution in [0.4, 0.5) is 5.69 Å². The van der Waals surface area contributed by atoms with Crippen molar-refractivity contribution < 1.29 is 9.53 Å². The number of aromatic nitrogens is 3. The summed E-state index contributed by atoms with van der Waals surface area (Å²) in [7, 11) is 1.60. The molecule has 1 amide bonds. The molecule has 1 fully saturated rings. The van der Waals surface area contributed by atoms with Gasteiger partial charge >= 0.3 is 0 Å². The fraction of sp³-hybridized carbons (Fsp3) is 0.348. The summed E-state index contributed by atoms with van der Waals surface area (Å²) >= 11 is 18.5. The second kappa shape index (κ2) is 9.79. The molecule has 1 saturated heterocycles. The minimum atomic E-state index is -0.00103. The highest BCUT2D eigenvalue weighted by atomic mass is 35.5. The number of halogens is 3. The number of carbonyl (C=O) groups excluding carboxylic acids is 1. The minimum Gasteiger partial charge on any atom is -0.495 e. The highest BCUT2D eigenvalue weighted by Gasteiger charge is 2.29. The third-order valence-corrected chi connectivity index (χ3v) is 6.86. The average molecular weight is 509 g/mol. The Morgan fingerprint density at radius 1 is 1.18 bits per heavy atom. The SMILES string of the molecule is COc1cc(N2CCN(C(=O)Cn3nc(-c4ccc(Cl)nc4)c(Cl)c3C)C(C)C2)ccc1Cl. The number of hydrogen-bond donors (Lipinski definition) is 0. The van der Waals surface area contributed by atoms with Crippen molar-refractivity contribution >= 4 is 46.4 Å². The second-order valence-electron chi connectivity index (χ2n) is 7.98. The van der Waals surface area contributed by atoms with Gasteiger partial charge in [-0.3, -0.25) is 9.48 Å². The lowest BCUT2D eigenvalue weighted by molar-refractivity contribution is -0.134. The zero-order valence-electron chi connectivity index (χ0n) is 18.6. The number of methoxy groups -OCH3 is 1. The van der Waals surface area contributed by atoms with Crippen molar-refractivity contribution in [1.29, 1.82) is 0 Å². The molecule has 2 aromatic heterocycles. The lowest BCUT2D eigenvalue weighted by Crippen LogP contribution is -2.54. The van der Waals surface area contributed by atoms with Crippen molar-refractivity contribution in [3.05, 3.63) is 57.4 Å². The molecule has 1 aliphatic heterocycles. The molecule has 0 saturated carbocycles. The quantitative estimate of drug-likeness (QED) is 0.456. The fourth-order valence-electron chi connectivity index (χ4n) is 4.01. The smallest absolute Gasteiger partial charge is 0.244 e. The standard InChI is InChI=1S/C23H24Cl3N5O2/c1-14-12-29(17-5-6-18(24)19(10-17)33-3)8-9-30(14)21(32)13-31-15(2)22(26)23(28-31)16-4-7-20(25)27-11-16/h4-7,10-11,14H,8-9,12-13H2,1-3H3. The van der Waals surface area contributed by atoms with E-state index >= 15 is 0 Å². The van der Waals surface area contributed by atoms with E-state index in [1.54, 1.807) is 24.1 Å². The molecule has 4 rings (SSSR count). The van der Waals surface area contributed by atoms with Gasteiger partial charge in [0.15, 0.2) is 0 Å². The third kappa shape index (κ3) is 4.90. The van der Waals surface area contributed by atoms with E-state index in [-0.39, 0.29) is 18.5 Å². The second-order valence-corrected chi connectivity index (χ2v) is 9.15. The van der Waals surface area contributed by atoms with E-state index in [0.717, 1.165) is 16.9 Å². The fourth-order valence-corrected chi connectivity index (χ4v) is 4.56. The Labute approximate surface area is 207 Å². The van der Waals surface area contributed by atoms with Crippen LogP contribution in [-0.2, 0) is 11.3 Å². The Kier molecular flexibility index (Phi) is 7.02. The topological polar surface area (TPSA) is 63.5 Å². The molecular weight excluding hydrogens is 485 g/mol. The number of pyridine rings is 1. The highest BCUT2D eigenvalue weighted by Crippen LogP contribution is 2.31. The number of rotatable bonds is 5. The van der Waals surface area contributed by atoms with Crippen molar-refractivity contribution in [1.82, 2.24) is 19.7 Å². The maximum atomic E-state index is 13.2. The van der Waals surface area contributed by atoms with Gasteiger partial charge in [-0.1, -0.05) is 34.8 Å². The largest absolute Gasteiger partial charge is 0.495 e. The van der Waals surface area contributed by atoms with Gasteiger partial charge in [0.1, 0.15) is 23.1 Å². The normalized spacial score (nSPS) is 16.2. The molecule has 33 heavy (non-hydrogen) atoms. The Morgan fingerprint density at radius 3 is 2.64 bits per heavy atom. The molecule has 0 spiro atoms. The molecule has 0 bridgehead atoms. The van der Waals surface area contributed by atoms with Crippen LogP contribution in [0.15, 0.2) is 36.5 Å². The molecular formula is C23H24Cl3N5O2. The minimum absolute atomic E-state index is 0.00103. The number of hydrogen-bond acceptors (Lipinski definition) is 5. The summed E-state index contributed by atoms with van der Waals surface area (Å²) in [5.41, 5.74) is 3.08. The molecule has 1 unspecified atom stereocenters. The number of piperazine rings is 1. The number of benzene rings is 1. The first kappa shape index (κ1) is 23.7. The Bertz CT molecular complexity index is 1170. The predicted molar refractivity (Wildman–Crippen MR) is 132 cm³/mol. The molecule has 174 valence electrons. The van der Waals surface area contributed by atoms with Crippen LogP contribution >= 0.6 is 34.8 Å². The van der Waals surface area contributed by atoms with Crippen LogP contribution in [0, 0.1) is 6.92 Å². The molecule has 10 heteroatoms. The van der Waals surface area contributed by atoms with Crippen LogP contribution in [0.25, 0.3) is 11.3 Å². The molecule has 1 atom stereocenters. The van der Waals surface area contributed by atoms with Gasteiger partial charge in [0.05, 0.1) is 22.8 Å². The summed E-state index contributed by atoms with van der Waals surface area (Å²) in [4.78, 5) is 21.4. The van der Waals surface area contributed by atoms with Crippen LogP contribution in [0.3, 0.4) is 0 Å². The van der Waals surface area contributed by atoms with Crippen LogP contribution in [0.5, 0.6) is 5.75 Å². The lowest BCUT2D eigenvalue weighted by atomic mass is 10.1. The van der Waals surface area contributed by atoms with Crippen LogP contribution < -0.4 is 9.64 Å². The van der Waals surface area contributed by atoms with Crippen molar-refractivity contribution in [2.75, 3.05) is 31.6 Å². The maximum absolute atomic E-state index is 13.2. The van der Waals surface area contributed by atoms with E-state index < -0.39 is 0 Å². The van der Waals surface area contributed by atoms with E-state index in [2.05, 4.69) is 15.0 Å². The van der Waals surface area contributed by atoms with Crippen LogP contribution in [0.1, 0.15) is 12.6 Å². The monoisotopic (exact) mass is 507 g/mol. The van der Waals surface area contributed by atoms with Gasteiger partial charge in [0, 0.05) is 49.2 Å². The Hall–Kier alpha value is -2.48. The molecule has 1 aromatic carbocycles. The highest BCUT2D eigenvalue weighted by molar-refractivity contribution is 6.34. The van der Waals surface area contributed by atoms with E-state index in [1.807, 2.05) is 43.0 Å². The third-order valence-electron chi connectivity index (χ3n) is 5.87. The molecule has 0 aliphatic carbocycles. The summed E-state index contributed by atoms with van der Waals surface area (Å²) in [6.45, 7) is 6.03. The zero-order valence-corrected chi connectivity index (χ0v) is 20.8. The first-order valence-corrected chi connectivity index (χ1v) is 11.6. The van der Waals surface area contributed by atoms with Crippen molar-refractivity contribution in [2.24, 2.45) is 0 Å². The van der Waals surface area contributed by atoms with Gasteiger partial charge < -0.3 is 14.5 Å².